The first-order valence-corrected chi connectivity index (χ1v) is 9.97. The molecule has 7 nitrogen and oxygen atoms in total. The molecule has 0 aliphatic rings. The average Bonchev–Trinajstić information content (AvgIpc) is 3.28. The van der Waals surface area contributed by atoms with E-state index in [1.54, 1.807) is 24.3 Å². The van der Waals surface area contributed by atoms with Gasteiger partial charge in [-0.1, -0.05) is 59.3 Å². The number of alkyl halides is 3. The van der Waals surface area contributed by atoms with E-state index in [2.05, 4.69) is 25.3 Å². The van der Waals surface area contributed by atoms with E-state index in [-0.39, 0.29) is 23.7 Å². The highest BCUT2D eigenvalue weighted by Crippen LogP contribution is 2.32. The van der Waals surface area contributed by atoms with Gasteiger partial charge in [-0.25, -0.2) is 0 Å². The number of nitrogens with zero attached hydrogens (tertiary/aromatic N) is 2. The lowest BCUT2D eigenvalue weighted by Crippen LogP contribution is -2.37. The zero-order valence-corrected chi connectivity index (χ0v) is 17.5. The van der Waals surface area contributed by atoms with Crippen LogP contribution in [-0.4, -0.2) is 10.1 Å². The van der Waals surface area contributed by atoms with E-state index >= 15 is 0 Å². The molecule has 0 spiro atoms. The third-order valence-corrected chi connectivity index (χ3v) is 5.01. The van der Waals surface area contributed by atoms with E-state index in [9.17, 15) is 18.4 Å². The number of anilines is 2. The van der Waals surface area contributed by atoms with Crippen molar-refractivity contribution in [1.82, 2.24) is 10.1 Å². The van der Waals surface area contributed by atoms with Crippen molar-refractivity contribution in [1.29, 1.82) is 0 Å². The van der Waals surface area contributed by atoms with Crippen LogP contribution in [0, 0.1) is 6.92 Å². The zero-order valence-electron chi connectivity index (χ0n) is 16.8. The fourth-order valence-electron chi connectivity index (χ4n) is 3.04. The molecule has 0 aliphatic heterocycles. The van der Waals surface area contributed by atoms with Crippen molar-refractivity contribution in [2.24, 2.45) is 0 Å². The molecule has 0 atom stereocenters. The molecule has 0 amide bonds. The number of hydrogen-bond donors (Lipinski definition) is 2. The van der Waals surface area contributed by atoms with Crippen LogP contribution in [0.5, 0.6) is 0 Å². The predicted octanol–water partition coefficient (Wildman–Crippen LogP) is 4.15. The molecule has 1 aromatic heterocycles. The van der Waals surface area contributed by atoms with Gasteiger partial charge >= 0.3 is 11.3 Å². The summed E-state index contributed by atoms with van der Waals surface area (Å²) in [4.78, 5) is 27.5. The zero-order chi connectivity index (χ0) is 22.9. The lowest BCUT2D eigenvalue weighted by Gasteiger charge is -2.15. The second-order valence-corrected chi connectivity index (χ2v) is 7.69. The molecule has 0 fully saturated rings. The minimum atomic E-state index is -3.74. The van der Waals surface area contributed by atoms with Gasteiger partial charge in [0.1, 0.15) is 11.4 Å². The van der Waals surface area contributed by atoms with E-state index in [1.807, 2.05) is 31.2 Å². The van der Waals surface area contributed by atoms with Crippen molar-refractivity contribution < 1.29 is 13.3 Å². The maximum atomic E-state index is 13.0. The summed E-state index contributed by atoms with van der Waals surface area (Å²) in [7, 11) is 0. The highest BCUT2D eigenvalue weighted by molar-refractivity contribution is 6.21. The molecule has 2 N–H and O–H groups in total. The van der Waals surface area contributed by atoms with Crippen molar-refractivity contribution in [3.63, 3.8) is 0 Å². The molecule has 4 rings (SSSR count). The SMILES string of the molecule is Cc1ccc(CNc2c(NCc3ccc(-c4noc(C(F)(F)Cl)n4)cc3)c(=O)c2=O)cc1. The summed E-state index contributed by atoms with van der Waals surface area (Å²) in [5.41, 5.74) is 2.73. The molecule has 0 saturated heterocycles. The van der Waals surface area contributed by atoms with Gasteiger partial charge < -0.3 is 15.2 Å². The summed E-state index contributed by atoms with van der Waals surface area (Å²) in [5, 5.41) is 5.75. The van der Waals surface area contributed by atoms with Crippen LogP contribution in [0.25, 0.3) is 11.4 Å². The van der Waals surface area contributed by atoms with Gasteiger partial charge in [-0.3, -0.25) is 9.59 Å². The highest BCUT2D eigenvalue weighted by atomic mass is 35.5. The standard InChI is InChI=1S/C22H17ClF2N4O3/c1-12-2-4-13(5-3-12)10-26-16-17(19(31)18(16)30)27-11-14-6-8-15(9-7-14)20-28-21(32-29-20)22(23,24)25/h2-9,26-27H,10-11H2,1H3. The minimum Gasteiger partial charge on any atom is -0.376 e. The first-order valence-electron chi connectivity index (χ1n) is 9.59. The molecular formula is C22H17ClF2N4O3. The molecule has 0 bridgehead atoms. The maximum Gasteiger partial charge on any atom is 0.400 e. The molecule has 4 aromatic rings. The molecule has 0 aliphatic carbocycles. The van der Waals surface area contributed by atoms with E-state index < -0.39 is 22.1 Å². The number of benzene rings is 2. The van der Waals surface area contributed by atoms with Crippen LogP contribution in [0.2, 0.25) is 0 Å². The Labute approximate surface area is 185 Å². The van der Waals surface area contributed by atoms with Crippen molar-refractivity contribution in [2.75, 3.05) is 10.6 Å². The molecule has 1 heterocycles. The monoisotopic (exact) mass is 458 g/mol. The molecule has 3 aromatic carbocycles. The molecule has 32 heavy (non-hydrogen) atoms. The maximum absolute atomic E-state index is 13.0. The van der Waals surface area contributed by atoms with Crippen LogP contribution in [0.15, 0.2) is 62.6 Å². The van der Waals surface area contributed by atoms with Crippen LogP contribution in [0.3, 0.4) is 0 Å². The number of aromatic nitrogens is 2. The summed E-state index contributed by atoms with van der Waals surface area (Å²) in [6, 6.07) is 14.5. The largest absolute Gasteiger partial charge is 0.400 e. The smallest absolute Gasteiger partial charge is 0.376 e. The Morgan fingerprint density at radius 3 is 1.88 bits per heavy atom. The molecular weight excluding hydrogens is 442 g/mol. The van der Waals surface area contributed by atoms with Crippen LogP contribution in [0.1, 0.15) is 22.6 Å². The molecule has 0 saturated carbocycles. The number of halogens is 3. The first-order chi connectivity index (χ1) is 15.2. The van der Waals surface area contributed by atoms with Gasteiger partial charge in [0.25, 0.3) is 10.9 Å². The summed E-state index contributed by atoms with van der Waals surface area (Å²) < 4.78 is 30.5. The summed E-state index contributed by atoms with van der Waals surface area (Å²) in [6.07, 6.45) is 0. The topological polar surface area (TPSA) is 97.1 Å². The fraction of sp³-hybridized carbons (Fsp3) is 0.182. The lowest BCUT2D eigenvalue weighted by molar-refractivity contribution is 0.0551. The Morgan fingerprint density at radius 1 is 0.906 bits per heavy atom. The number of nitrogens with one attached hydrogen (secondary N) is 2. The highest BCUT2D eigenvalue weighted by Gasteiger charge is 2.35. The second-order valence-electron chi connectivity index (χ2n) is 7.22. The number of hydrogen-bond acceptors (Lipinski definition) is 7. The molecule has 10 heteroatoms. The number of aryl methyl sites for hydroxylation is 1. The average molecular weight is 459 g/mol. The van der Waals surface area contributed by atoms with Crippen LogP contribution in [-0.2, 0) is 18.5 Å². The Bertz CT molecular complexity index is 1310. The van der Waals surface area contributed by atoms with Gasteiger partial charge in [-0.05, 0) is 29.7 Å². The van der Waals surface area contributed by atoms with E-state index in [1.165, 1.54) is 0 Å². The summed E-state index contributed by atoms with van der Waals surface area (Å²) >= 11 is 4.87. The molecule has 0 radical (unpaired) electrons. The van der Waals surface area contributed by atoms with Gasteiger partial charge in [-0.15, -0.1) is 0 Å². The third-order valence-electron chi connectivity index (χ3n) is 4.85. The second kappa shape index (κ2) is 8.51. The van der Waals surface area contributed by atoms with Crippen molar-refractivity contribution in [3.05, 3.63) is 91.6 Å². The summed E-state index contributed by atoms with van der Waals surface area (Å²) in [5.74, 6) is -1.00. The van der Waals surface area contributed by atoms with Gasteiger partial charge in [-0.2, -0.15) is 13.8 Å². The minimum absolute atomic E-state index is 0.0232. The Morgan fingerprint density at radius 2 is 1.41 bits per heavy atom. The molecule has 164 valence electrons. The lowest BCUT2D eigenvalue weighted by atomic mass is 10.1. The van der Waals surface area contributed by atoms with Gasteiger partial charge in [0.05, 0.1) is 0 Å². The van der Waals surface area contributed by atoms with Crippen molar-refractivity contribution >= 4 is 23.0 Å². The number of rotatable bonds is 8. The van der Waals surface area contributed by atoms with Crippen LogP contribution in [0.4, 0.5) is 20.2 Å². The third kappa shape index (κ3) is 4.52. The fourth-order valence-corrected chi connectivity index (χ4v) is 3.12. The van der Waals surface area contributed by atoms with E-state index in [4.69, 9.17) is 11.6 Å². The van der Waals surface area contributed by atoms with Gasteiger partial charge in [0, 0.05) is 18.7 Å². The quantitative estimate of drug-likeness (QED) is 0.302. The Hall–Kier alpha value is -3.59. The first kappa shape index (κ1) is 21.6. The van der Waals surface area contributed by atoms with Crippen molar-refractivity contribution in [2.45, 2.75) is 25.4 Å². The van der Waals surface area contributed by atoms with E-state index in [0.717, 1.165) is 16.7 Å². The van der Waals surface area contributed by atoms with E-state index in [0.29, 0.717) is 12.1 Å². The van der Waals surface area contributed by atoms with Crippen molar-refractivity contribution in [3.8, 4) is 11.4 Å². The molecule has 0 unspecified atom stereocenters. The van der Waals surface area contributed by atoms with Crippen LogP contribution < -0.4 is 21.5 Å². The summed E-state index contributed by atoms with van der Waals surface area (Å²) in [6.45, 7) is 2.68. The predicted molar refractivity (Wildman–Crippen MR) is 117 cm³/mol. The van der Waals surface area contributed by atoms with Crippen LogP contribution >= 0.6 is 11.6 Å². The normalized spacial score (nSPS) is 11.6. The Balaban J connectivity index is 1.39. The van der Waals surface area contributed by atoms with Gasteiger partial charge in [0.2, 0.25) is 5.82 Å². The van der Waals surface area contributed by atoms with Gasteiger partial charge in [0.15, 0.2) is 0 Å². The Kier molecular flexibility index (Phi) is 5.75.